The van der Waals surface area contributed by atoms with Crippen molar-refractivity contribution in [3.05, 3.63) is 57.9 Å². The Balaban J connectivity index is 3.01. The SMILES string of the molecule is Fc1c(F)c(F)c(-c2c(F)c(F)c([CH]([Tl])[Tl])c(F)c2F)c(F)c1F. The van der Waals surface area contributed by atoms with E-state index in [9.17, 15) is 39.5 Å². The van der Waals surface area contributed by atoms with Crippen LogP contribution in [0, 0.1) is 52.4 Å². The van der Waals surface area contributed by atoms with E-state index in [0.29, 0.717) is 0 Å². The topological polar surface area (TPSA) is 0 Å². The van der Waals surface area contributed by atoms with Crippen molar-refractivity contribution in [2.24, 2.45) is 0 Å². The molecule has 0 saturated carbocycles. The third kappa shape index (κ3) is 2.98. The molecule has 0 nitrogen and oxygen atoms in total. The van der Waals surface area contributed by atoms with Gasteiger partial charge in [-0.2, -0.15) is 0 Å². The molecular formula is C13HF9Tl2. The predicted octanol–water partition coefficient (Wildman–Crippen LogP) is 3.94. The summed E-state index contributed by atoms with van der Waals surface area (Å²) in [6.45, 7) is 0. The maximum absolute atomic E-state index is 14.1. The first-order valence-electron chi connectivity index (χ1n) is 5.91. The Morgan fingerprint density at radius 3 is 0.958 bits per heavy atom. The van der Waals surface area contributed by atoms with Crippen molar-refractivity contribution in [2.45, 2.75) is 1.04 Å². The molecule has 11 heteroatoms. The van der Waals surface area contributed by atoms with E-state index >= 15 is 0 Å². The zero-order valence-electron chi connectivity index (χ0n) is 11.1. The number of hydrogen-bond donors (Lipinski definition) is 0. The van der Waals surface area contributed by atoms with E-state index in [0.717, 1.165) is 0 Å². The first kappa shape index (κ1) is 20.0. The first-order chi connectivity index (χ1) is 11.0. The molecule has 122 valence electrons. The molecular weight excluding hydrogens is 736 g/mol. The van der Waals surface area contributed by atoms with E-state index < -0.39 is 70.1 Å². The molecule has 0 atom stereocenters. The van der Waals surface area contributed by atoms with Gasteiger partial charge in [0.1, 0.15) is 0 Å². The summed E-state index contributed by atoms with van der Waals surface area (Å²) in [5.74, 6) is -20.9. The zero-order chi connectivity index (χ0) is 18.5. The number of benzene rings is 2. The summed E-state index contributed by atoms with van der Waals surface area (Å²) in [7, 11) is 0. The van der Waals surface area contributed by atoms with Gasteiger partial charge in [0.05, 0.1) is 0 Å². The van der Waals surface area contributed by atoms with Gasteiger partial charge < -0.3 is 0 Å². The molecule has 2 aromatic rings. The van der Waals surface area contributed by atoms with Crippen LogP contribution in [0.2, 0.25) is 0 Å². The fourth-order valence-corrected chi connectivity index (χ4v) is 4.26. The molecule has 0 amide bonds. The summed E-state index contributed by atoms with van der Waals surface area (Å²) >= 11 is -0.134. The summed E-state index contributed by atoms with van der Waals surface area (Å²) in [5, 5.41) is 0. The Morgan fingerprint density at radius 1 is 0.417 bits per heavy atom. The van der Waals surface area contributed by atoms with Gasteiger partial charge in [-0.25, -0.2) is 0 Å². The Morgan fingerprint density at radius 2 is 0.667 bits per heavy atom. The van der Waals surface area contributed by atoms with Gasteiger partial charge in [-0.05, 0) is 0 Å². The molecule has 0 bridgehead atoms. The van der Waals surface area contributed by atoms with Crippen LogP contribution in [0.1, 0.15) is 6.60 Å². The van der Waals surface area contributed by atoms with E-state index in [2.05, 4.69) is 0 Å². The van der Waals surface area contributed by atoms with E-state index in [1.54, 1.807) is 0 Å². The first-order valence-corrected chi connectivity index (χ1v) is 11.1. The van der Waals surface area contributed by atoms with Crippen molar-refractivity contribution < 1.29 is 39.5 Å². The van der Waals surface area contributed by atoms with Crippen LogP contribution < -0.4 is 0 Å². The molecule has 0 N–H and O–H groups in total. The summed E-state index contributed by atoms with van der Waals surface area (Å²) in [5.41, 5.74) is -4.95. The van der Waals surface area contributed by atoms with Crippen LogP contribution in [-0.2, 0) is 0 Å². The third-order valence-electron chi connectivity index (χ3n) is 3.09. The van der Waals surface area contributed by atoms with E-state index in [1.165, 1.54) is 0 Å². The van der Waals surface area contributed by atoms with Gasteiger partial charge in [0.15, 0.2) is 0 Å². The third-order valence-corrected chi connectivity index (χ3v) is 5.68. The van der Waals surface area contributed by atoms with Gasteiger partial charge in [0.25, 0.3) is 0 Å². The Labute approximate surface area is 160 Å². The second-order valence-electron chi connectivity index (χ2n) is 4.52. The number of hydrogen-bond acceptors (Lipinski definition) is 0. The number of halogens is 9. The van der Waals surface area contributed by atoms with Crippen molar-refractivity contribution in [2.75, 3.05) is 0 Å². The van der Waals surface area contributed by atoms with Crippen LogP contribution in [0.5, 0.6) is 0 Å². The molecule has 0 saturated heterocycles. The van der Waals surface area contributed by atoms with Crippen molar-refractivity contribution in [1.29, 1.82) is 0 Å². The van der Waals surface area contributed by atoms with Crippen molar-refractivity contribution in [1.82, 2.24) is 0 Å². The van der Waals surface area contributed by atoms with Gasteiger partial charge in [0.2, 0.25) is 0 Å². The second kappa shape index (κ2) is 7.11. The molecule has 0 spiro atoms. The van der Waals surface area contributed by atoms with Gasteiger partial charge >= 0.3 is 161 Å². The van der Waals surface area contributed by atoms with Crippen LogP contribution >= 0.6 is 0 Å². The average molecular weight is 737 g/mol. The Hall–Kier alpha value is -0.346. The Kier molecular flexibility index (Phi) is 5.92. The van der Waals surface area contributed by atoms with Crippen LogP contribution in [-0.4, -0.2) is 51.5 Å². The molecule has 24 heavy (non-hydrogen) atoms. The fourth-order valence-electron chi connectivity index (χ4n) is 1.99. The van der Waals surface area contributed by atoms with E-state index in [-0.39, 0.29) is 51.5 Å². The van der Waals surface area contributed by atoms with E-state index in [1.807, 2.05) is 0 Å². The van der Waals surface area contributed by atoms with Gasteiger partial charge in [-0.3, -0.25) is 0 Å². The maximum atomic E-state index is 14.1. The minimum atomic E-state index is -2.57. The fraction of sp³-hybridized carbons (Fsp3) is 0.0769. The predicted molar refractivity (Wildman–Crippen MR) is 65.7 cm³/mol. The average Bonchev–Trinajstić information content (AvgIpc) is 2.52. The summed E-state index contributed by atoms with van der Waals surface area (Å²) < 4.78 is 122. The molecule has 0 aliphatic heterocycles. The molecule has 0 radical (unpaired) electrons. The van der Waals surface area contributed by atoms with Crippen LogP contribution in [0.25, 0.3) is 11.1 Å². The standard InChI is InChI=1S/C13HF9.2Tl/c1-2-5(14)7(16)3(8(17)6(2)15)4-9(18)11(20)13(22)12(21)10(4)19;;/h1H;;. The molecule has 0 aliphatic rings. The van der Waals surface area contributed by atoms with Crippen molar-refractivity contribution in [3.63, 3.8) is 0 Å². The zero-order valence-corrected chi connectivity index (χ0v) is 20.1. The summed E-state index contributed by atoms with van der Waals surface area (Å²) in [6.07, 6.45) is 0. The molecule has 2 aromatic carbocycles. The quantitative estimate of drug-likeness (QED) is 0.190. The van der Waals surface area contributed by atoms with Gasteiger partial charge in [-0.1, -0.05) is 0 Å². The van der Waals surface area contributed by atoms with E-state index in [4.69, 9.17) is 0 Å². The number of rotatable bonds is 2. The molecule has 2 rings (SSSR count). The molecule has 0 aromatic heterocycles. The van der Waals surface area contributed by atoms with Gasteiger partial charge in [-0.15, -0.1) is 0 Å². The summed E-state index contributed by atoms with van der Waals surface area (Å²) in [6, 6.07) is 0. The molecule has 0 heterocycles. The normalized spacial score (nSPS) is 11.3. The van der Waals surface area contributed by atoms with Crippen molar-refractivity contribution >= 4 is 51.5 Å². The van der Waals surface area contributed by atoms with Crippen LogP contribution in [0.15, 0.2) is 0 Å². The van der Waals surface area contributed by atoms with Crippen molar-refractivity contribution in [3.8, 4) is 11.1 Å². The monoisotopic (exact) mass is 738 g/mol. The second-order valence-corrected chi connectivity index (χ2v) is 21.7. The van der Waals surface area contributed by atoms with Crippen LogP contribution in [0.3, 0.4) is 0 Å². The molecule has 0 fully saturated rings. The van der Waals surface area contributed by atoms with Gasteiger partial charge in [0, 0.05) is 0 Å². The summed E-state index contributed by atoms with van der Waals surface area (Å²) in [4.78, 5) is 0. The van der Waals surface area contributed by atoms with Crippen LogP contribution in [0.4, 0.5) is 39.5 Å². The Bertz CT molecular complexity index is 790. The minimum absolute atomic E-state index is 0.0668. The molecule has 0 unspecified atom stereocenters. The molecule has 0 aliphatic carbocycles.